The minimum atomic E-state index is -0.348. The van der Waals surface area contributed by atoms with E-state index in [9.17, 15) is 4.79 Å². The molecule has 0 bridgehead atoms. The van der Waals surface area contributed by atoms with E-state index >= 15 is 0 Å². The van der Waals surface area contributed by atoms with Gasteiger partial charge in [0.1, 0.15) is 5.82 Å². The van der Waals surface area contributed by atoms with Crippen molar-refractivity contribution < 1.29 is 9.53 Å². The lowest BCUT2D eigenvalue weighted by Gasteiger charge is -2.18. The Morgan fingerprint density at radius 3 is 2.89 bits per heavy atom. The third-order valence-electron chi connectivity index (χ3n) is 2.73. The normalized spacial score (nSPS) is 10.1. The summed E-state index contributed by atoms with van der Waals surface area (Å²) in [4.78, 5) is 17.6. The minimum absolute atomic E-state index is 0.348. The molecule has 1 heterocycles. The highest BCUT2D eigenvalue weighted by molar-refractivity contribution is 5.67. The van der Waals surface area contributed by atoms with E-state index < -0.39 is 0 Å². The van der Waals surface area contributed by atoms with Gasteiger partial charge < -0.3 is 15.0 Å². The summed E-state index contributed by atoms with van der Waals surface area (Å²) < 4.78 is 5.00. The molecule has 1 rings (SSSR count). The van der Waals surface area contributed by atoms with Gasteiger partial charge in [0.25, 0.3) is 0 Å². The summed E-state index contributed by atoms with van der Waals surface area (Å²) in [5, 5.41) is 2.72. The van der Waals surface area contributed by atoms with E-state index in [0.717, 1.165) is 24.2 Å². The standard InChI is InChI=1S/C14H23N3O2/c1-4-5-10-19-14(18)15-8-9-17(3)13-7-6-12(2)11-16-13/h6-7,11H,4-5,8-10H2,1-3H3,(H,15,18). The molecule has 1 amide bonds. The number of alkyl carbamates (subject to hydrolysis) is 1. The Labute approximate surface area is 115 Å². The first kappa shape index (κ1) is 15.3. The number of rotatable bonds is 7. The number of hydrogen-bond acceptors (Lipinski definition) is 4. The largest absolute Gasteiger partial charge is 0.450 e. The van der Waals surface area contributed by atoms with Crippen molar-refractivity contribution in [2.24, 2.45) is 0 Å². The Balaban J connectivity index is 2.21. The molecule has 0 fully saturated rings. The molecule has 0 atom stereocenters. The van der Waals surface area contributed by atoms with Gasteiger partial charge in [-0.05, 0) is 25.0 Å². The first-order chi connectivity index (χ1) is 9.13. The number of ether oxygens (including phenoxy) is 1. The zero-order chi connectivity index (χ0) is 14.1. The van der Waals surface area contributed by atoms with Gasteiger partial charge in [-0.15, -0.1) is 0 Å². The molecule has 0 aromatic carbocycles. The summed E-state index contributed by atoms with van der Waals surface area (Å²) >= 11 is 0. The summed E-state index contributed by atoms with van der Waals surface area (Å²) in [5.74, 6) is 0.895. The van der Waals surface area contributed by atoms with Crippen molar-refractivity contribution in [3.05, 3.63) is 23.9 Å². The van der Waals surface area contributed by atoms with Crippen molar-refractivity contribution in [2.45, 2.75) is 26.7 Å². The SMILES string of the molecule is CCCCOC(=O)NCCN(C)c1ccc(C)cn1. The van der Waals surface area contributed by atoms with Crippen LogP contribution in [0.2, 0.25) is 0 Å². The van der Waals surface area contributed by atoms with Crippen molar-refractivity contribution in [2.75, 3.05) is 31.6 Å². The van der Waals surface area contributed by atoms with Gasteiger partial charge in [0.05, 0.1) is 6.61 Å². The number of aryl methyl sites for hydroxylation is 1. The fourth-order valence-corrected chi connectivity index (χ4v) is 1.49. The van der Waals surface area contributed by atoms with E-state index in [2.05, 4.69) is 17.2 Å². The van der Waals surface area contributed by atoms with Gasteiger partial charge in [-0.2, -0.15) is 0 Å². The number of likely N-dealkylation sites (N-methyl/N-ethyl adjacent to an activating group) is 1. The highest BCUT2D eigenvalue weighted by Crippen LogP contribution is 2.07. The second-order valence-corrected chi connectivity index (χ2v) is 4.53. The van der Waals surface area contributed by atoms with Crippen molar-refractivity contribution in [3.8, 4) is 0 Å². The van der Waals surface area contributed by atoms with Gasteiger partial charge >= 0.3 is 6.09 Å². The van der Waals surface area contributed by atoms with Crippen LogP contribution in [-0.2, 0) is 4.74 Å². The maximum Gasteiger partial charge on any atom is 0.407 e. The van der Waals surface area contributed by atoms with E-state index in [1.807, 2.05) is 37.2 Å². The molecule has 0 aliphatic rings. The zero-order valence-corrected chi connectivity index (χ0v) is 12.0. The summed E-state index contributed by atoms with van der Waals surface area (Å²) in [6.45, 7) is 5.78. The lowest BCUT2D eigenvalue weighted by atomic mass is 10.3. The average Bonchev–Trinajstić information content (AvgIpc) is 2.39. The van der Waals surface area contributed by atoms with Crippen molar-refractivity contribution in [1.82, 2.24) is 10.3 Å². The molecule has 0 spiro atoms. The average molecular weight is 265 g/mol. The van der Waals surface area contributed by atoms with Crippen molar-refractivity contribution in [3.63, 3.8) is 0 Å². The van der Waals surface area contributed by atoms with Crippen LogP contribution in [0.4, 0.5) is 10.6 Å². The number of pyridine rings is 1. The molecule has 1 aromatic heterocycles. The highest BCUT2D eigenvalue weighted by Gasteiger charge is 2.04. The van der Waals surface area contributed by atoms with Gasteiger partial charge in [-0.3, -0.25) is 0 Å². The zero-order valence-electron chi connectivity index (χ0n) is 12.0. The third kappa shape index (κ3) is 6.08. The molecule has 106 valence electrons. The molecule has 0 aliphatic carbocycles. The molecule has 0 aliphatic heterocycles. The number of carbonyl (C=O) groups is 1. The molecule has 0 saturated heterocycles. The number of hydrogen-bond donors (Lipinski definition) is 1. The quantitative estimate of drug-likeness (QED) is 0.769. The van der Waals surface area contributed by atoms with Crippen LogP contribution in [0.5, 0.6) is 0 Å². The Bertz CT molecular complexity index is 379. The van der Waals surface area contributed by atoms with Crippen LogP contribution in [0.1, 0.15) is 25.3 Å². The number of aromatic nitrogens is 1. The van der Waals surface area contributed by atoms with Gasteiger partial charge in [0.2, 0.25) is 0 Å². The number of amides is 1. The first-order valence-electron chi connectivity index (χ1n) is 6.68. The van der Waals surface area contributed by atoms with E-state index in [1.165, 1.54) is 0 Å². The maximum absolute atomic E-state index is 11.3. The number of unbranched alkanes of at least 4 members (excludes halogenated alkanes) is 1. The summed E-state index contributed by atoms with van der Waals surface area (Å²) in [6, 6.07) is 3.99. The minimum Gasteiger partial charge on any atom is -0.450 e. The molecule has 19 heavy (non-hydrogen) atoms. The van der Waals surface area contributed by atoms with Gasteiger partial charge in [0, 0.05) is 26.3 Å². The van der Waals surface area contributed by atoms with Crippen LogP contribution in [-0.4, -0.2) is 37.8 Å². The molecule has 1 aromatic rings. The molecule has 5 nitrogen and oxygen atoms in total. The monoisotopic (exact) mass is 265 g/mol. The van der Waals surface area contributed by atoms with Crippen molar-refractivity contribution >= 4 is 11.9 Å². The summed E-state index contributed by atoms with van der Waals surface area (Å²) in [5.41, 5.74) is 1.13. The lowest BCUT2D eigenvalue weighted by Crippen LogP contribution is -2.33. The predicted molar refractivity (Wildman–Crippen MR) is 76.5 cm³/mol. The molecule has 5 heteroatoms. The Morgan fingerprint density at radius 2 is 2.26 bits per heavy atom. The van der Waals surface area contributed by atoms with Crippen LogP contribution >= 0.6 is 0 Å². The molecule has 1 N–H and O–H groups in total. The number of anilines is 1. The van der Waals surface area contributed by atoms with E-state index in [-0.39, 0.29) is 6.09 Å². The molecular formula is C14H23N3O2. The molecule has 0 unspecified atom stereocenters. The fourth-order valence-electron chi connectivity index (χ4n) is 1.49. The maximum atomic E-state index is 11.3. The molecule has 0 saturated carbocycles. The van der Waals surface area contributed by atoms with Crippen LogP contribution in [0, 0.1) is 6.92 Å². The number of carbonyl (C=O) groups excluding carboxylic acids is 1. The summed E-state index contributed by atoms with van der Waals surface area (Å²) in [7, 11) is 1.95. The molecule has 0 radical (unpaired) electrons. The van der Waals surface area contributed by atoms with Crippen LogP contribution in [0.15, 0.2) is 18.3 Å². The second-order valence-electron chi connectivity index (χ2n) is 4.53. The van der Waals surface area contributed by atoms with E-state index in [1.54, 1.807) is 0 Å². The van der Waals surface area contributed by atoms with E-state index in [0.29, 0.717) is 19.7 Å². The number of nitrogens with zero attached hydrogens (tertiary/aromatic N) is 2. The smallest absolute Gasteiger partial charge is 0.407 e. The first-order valence-corrected chi connectivity index (χ1v) is 6.68. The third-order valence-corrected chi connectivity index (χ3v) is 2.73. The Morgan fingerprint density at radius 1 is 1.47 bits per heavy atom. The molecular weight excluding hydrogens is 242 g/mol. The highest BCUT2D eigenvalue weighted by atomic mass is 16.5. The van der Waals surface area contributed by atoms with Crippen LogP contribution in [0.3, 0.4) is 0 Å². The number of nitrogens with one attached hydrogen (secondary N) is 1. The lowest BCUT2D eigenvalue weighted by molar-refractivity contribution is 0.145. The Kier molecular flexibility index (Phi) is 6.71. The predicted octanol–water partition coefficient (Wildman–Crippen LogP) is 2.35. The van der Waals surface area contributed by atoms with E-state index in [4.69, 9.17) is 4.74 Å². The van der Waals surface area contributed by atoms with Gasteiger partial charge in [0.15, 0.2) is 0 Å². The fraction of sp³-hybridized carbons (Fsp3) is 0.571. The van der Waals surface area contributed by atoms with Crippen molar-refractivity contribution in [1.29, 1.82) is 0 Å². The second kappa shape index (κ2) is 8.34. The van der Waals surface area contributed by atoms with Crippen LogP contribution in [0.25, 0.3) is 0 Å². The summed E-state index contributed by atoms with van der Waals surface area (Å²) in [6.07, 6.45) is 3.41. The van der Waals surface area contributed by atoms with Crippen LogP contribution < -0.4 is 10.2 Å². The van der Waals surface area contributed by atoms with Gasteiger partial charge in [-0.25, -0.2) is 9.78 Å². The Hall–Kier alpha value is -1.78. The van der Waals surface area contributed by atoms with Gasteiger partial charge in [-0.1, -0.05) is 19.4 Å². The topological polar surface area (TPSA) is 54.5 Å².